The summed E-state index contributed by atoms with van der Waals surface area (Å²) in [5, 5.41) is 9.23. The fourth-order valence-corrected chi connectivity index (χ4v) is 3.17. The van der Waals surface area contributed by atoms with Crippen LogP contribution in [0.4, 0.5) is 8.78 Å². The second kappa shape index (κ2) is 8.54. The van der Waals surface area contributed by atoms with E-state index in [0.717, 1.165) is 16.8 Å². The molecule has 0 saturated heterocycles. The molecule has 2 aromatic rings. The molecule has 31 heavy (non-hydrogen) atoms. The van der Waals surface area contributed by atoms with E-state index in [1.54, 1.807) is 0 Å². The predicted octanol–water partition coefficient (Wildman–Crippen LogP) is 2.06. The minimum absolute atomic E-state index is 0.0848. The van der Waals surface area contributed by atoms with E-state index in [1.165, 1.54) is 13.8 Å². The summed E-state index contributed by atoms with van der Waals surface area (Å²) < 4.78 is 44.6. The van der Waals surface area contributed by atoms with Gasteiger partial charge in [-0.3, -0.25) is 14.4 Å². The number of aliphatic carboxylic acids is 1. The molecule has 2 heterocycles. The van der Waals surface area contributed by atoms with Crippen molar-refractivity contribution in [1.29, 1.82) is 0 Å². The van der Waals surface area contributed by atoms with Gasteiger partial charge in [-0.1, -0.05) is 0 Å². The van der Waals surface area contributed by atoms with Crippen LogP contribution in [0.25, 0.3) is 16.6 Å². The summed E-state index contributed by atoms with van der Waals surface area (Å²) in [5.74, 6) is -9.65. The van der Waals surface area contributed by atoms with Crippen LogP contribution in [0.1, 0.15) is 20.3 Å². The first kappa shape index (κ1) is 21.9. The van der Waals surface area contributed by atoms with E-state index < -0.39 is 58.8 Å². The van der Waals surface area contributed by atoms with Crippen LogP contribution in [-0.2, 0) is 23.9 Å². The number of carbonyl (C=O) groups is 3. The van der Waals surface area contributed by atoms with Crippen molar-refractivity contribution in [2.75, 3.05) is 13.2 Å². The second-order valence-electron chi connectivity index (χ2n) is 6.39. The molecule has 0 radical (unpaired) electrons. The molecule has 1 aromatic carbocycles. The van der Waals surface area contributed by atoms with Crippen LogP contribution in [0, 0.1) is 17.6 Å². The van der Waals surface area contributed by atoms with Gasteiger partial charge in [-0.2, -0.15) is 4.39 Å². The van der Waals surface area contributed by atoms with E-state index >= 15 is 0 Å². The molecule has 0 spiro atoms. The molecule has 1 aromatic heterocycles. The number of nitrogens with zero attached hydrogens (tertiary/aromatic N) is 1. The molecule has 0 saturated carbocycles. The van der Waals surface area contributed by atoms with E-state index in [4.69, 9.17) is 14.2 Å². The molecule has 1 N–H and O–H groups in total. The van der Waals surface area contributed by atoms with Gasteiger partial charge in [0.2, 0.25) is 11.6 Å². The number of carboxylic acids is 1. The molecule has 1 aliphatic heterocycles. The number of aromatic nitrogens is 1. The largest absolute Gasteiger partial charge is 0.481 e. The van der Waals surface area contributed by atoms with Gasteiger partial charge in [-0.25, -0.2) is 9.18 Å². The average Bonchev–Trinajstić information content (AvgIpc) is 2.72. The van der Waals surface area contributed by atoms with Gasteiger partial charge >= 0.3 is 17.9 Å². The number of carbonyl (C=O) groups excluding carboxylic acids is 2. The van der Waals surface area contributed by atoms with Crippen molar-refractivity contribution in [3.05, 3.63) is 45.9 Å². The summed E-state index contributed by atoms with van der Waals surface area (Å²) in [4.78, 5) is 48.5. The first-order valence-electron chi connectivity index (χ1n) is 9.22. The molecular formula is C20H17F2NO8. The molecule has 1 atom stereocenters. The lowest BCUT2D eigenvalue weighted by atomic mass is 10.0. The number of ether oxygens (including phenoxy) is 3. The van der Waals surface area contributed by atoms with Crippen LogP contribution in [0.5, 0.6) is 5.75 Å². The minimum Gasteiger partial charge on any atom is -0.481 e. The topological polar surface area (TPSA) is 121 Å². The zero-order valence-electron chi connectivity index (χ0n) is 16.4. The maximum Gasteiger partial charge on any atom is 0.376 e. The molecular weight excluding hydrogens is 420 g/mol. The Labute approximate surface area is 173 Å². The Morgan fingerprint density at radius 2 is 1.87 bits per heavy atom. The number of allylic oxidation sites excluding steroid dienone is 1. The van der Waals surface area contributed by atoms with Crippen LogP contribution in [0.15, 0.2) is 28.9 Å². The van der Waals surface area contributed by atoms with E-state index in [2.05, 4.69) is 0 Å². The molecule has 0 aliphatic carbocycles. The van der Waals surface area contributed by atoms with E-state index in [9.17, 15) is 33.1 Å². The number of hydrogen-bond acceptors (Lipinski definition) is 7. The number of benzene rings is 1. The molecule has 0 fully saturated rings. The summed E-state index contributed by atoms with van der Waals surface area (Å²) in [5.41, 5.74) is -1.07. The highest BCUT2D eigenvalue weighted by molar-refractivity contribution is 6.01. The first-order valence-corrected chi connectivity index (χ1v) is 9.22. The predicted molar refractivity (Wildman–Crippen MR) is 101 cm³/mol. The van der Waals surface area contributed by atoms with Crippen molar-refractivity contribution in [2.45, 2.75) is 20.3 Å². The molecule has 0 bridgehead atoms. The SMILES string of the molecule is CCOC(=O)C1=C(CC(C(=O)O)C(=O)OCC)n2ccc(=O)c3cc(F)c(F)c(c32)O1. The fourth-order valence-electron chi connectivity index (χ4n) is 3.17. The van der Waals surface area contributed by atoms with Crippen molar-refractivity contribution < 1.29 is 42.5 Å². The minimum atomic E-state index is -1.75. The lowest BCUT2D eigenvalue weighted by Gasteiger charge is -2.26. The summed E-state index contributed by atoms with van der Waals surface area (Å²) in [7, 11) is 0. The molecule has 9 nitrogen and oxygen atoms in total. The maximum absolute atomic E-state index is 14.5. The fraction of sp³-hybridized carbons (Fsp3) is 0.300. The Balaban J connectivity index is 2.29. The smallest absolute Gasteiger partial charge is 0.376 e. The highest BCUT2D eigenvalue weighted by Gasteiger charge is 2.37. The highest BCUT2D eigenvalue weighted by atomic mass is 19.2. The molecule has 164 valence electrons. The zero-order valence-corrected chi connectivity index (χ0v) is 16.4. The number of halogens is 2. The summed E-state index contributed by atoms with van der Waals surface area (Å²) in [6.45, 7) is 2.80. The first-order chi connectivity index (χ1) is 14.7. The Kier molecular flexibility index (Phi) is 6.04. The van der Waals surface area contributed by atoms with Crippen molar-refractivity contribution in [2.24, 2.45) is 5.92 Å². The third-order valence-electron chi connectivity index (χ3n) is 4.52. The van der Waals surface area contributed by atoms with Gasteiger partial charge < -0.3 is 23.9 Å². The van der Waals surface area contributed by atoms with Crippen molar-refractivity contribution in [3.63, 3.8) is 0 Å². The third kappa shape index (κ3) is 3.86. The van der Waals surface area contributed by atoms with Crippen LogP contribution >= 0.6 is 0 Å². The summed E-state index contributed by atoms with van der Waals surface area (Å²) >= 11 is 0. The van der Waals surface area contributed by atoms with Crippen LogP contribution in [0.3, 0.4) is 0 Å². The van der Waals surface area contributed by atoms with Gasteiger partial charge in [0.1, 0.15) is 5.52 Å². The quantitative estimate of drug-likeness (QED) is 0.516. The molecule has 0 amide bonds. The van der Waals surface area contributed by atoms with E-state index in [-0.39, 0.29) is 29.8 Å². The van der Waals surface area contributed by atoms with Crippen LogP contribution < -0.4 is 10.2 Å². The second-order valence-corrected chi connectivity index (χ2v) is 6.39. The number of esters is 2. The lowest BCUT2D eigenvalue weighted by molar-refractivity contribution is -0.158. The molecule has 1 aliphatic rings. The van der Waals surface area contributed by atoms with Gasteiger partial charge in [-0.05, 0) is 19.9 Å². The van der Waals surface area contributed by atoms with Crippen LogP contribution in [0.2, 0.25) is 0 Å². The molecule has 11 heteroatoms. The summed E-state index contributed by atoms with van der Waals surface area (Å²) in [6, 6.07) is 1.70. The van der Waals surface area contributed by atoms with Gasteiger partial charge in [0.25, 0.3) is 0 Å². The number of carboxylic acid groups (broad SMARTS) is 1. The Hall–Kier alpha value is -3.76. The van der Waals surface area contributed by atoms with Gasteiger partial charge in [0, 0.05) is 18.7 Å². The number of hydrogen-bond donors (Lipinski definition) is 1. The number of pyridine rings is 1. The Morgan fingerprint density at radius 1 is 1.19 bits per heavy atom. The third-order valence-corrected chi connectivity index (χ3v) is 4.52. The van der Waals surface area contributed by atoms with Gasteiger partial charge in [-0.15, -0.1) is 0 Å². The van der Waals surface area contributed by atoms with Crippen molar-refractivity contribution >= 4 is 34.5 Å². The van der Waals surface area contributed by atoms with Crippen molar-refractivity contribution in [3.8, 4) is 5.75 Å². The van der Waals surface area contributed by atoms with Gasteiger partial charge in [0.15, 0.2) is 22.9 Å². The highest BCUT2D eigenvalue weighted by Crippen LogP contribution is 2.39. The number of rotatable bonds is 7. The average molecular weight is 437 g/mol. The summed E-state index contributed by atoms with van der Waals surface area (Å²) in [6.07, 6.45) is 0.533. The Morgan fingerprint density at radius 3 is 2.48 bits per heavy atom. The maximum atomic E-state index is 14.5. The lowest BCUT2D eigenvalue weighted by Crippen LogP contribution is -2.30. The normalized spacial score (nSPS) is 13.5. The molecule has 1 unspecified atom stereocenters. The molecule has 3 rings (SSSR count). The Bertz CT molecular complexity index is 1180. The monoisotopic (exact) mass is 437 g/mol. The van der Waals surface area contributed by atoms with Crippen molar-refractivity contribution in [1.82, 2.24) is 4.57 Å². The van der Waals surface area contributed by atoms with Gasteiger partial charge in [0.05, 0.1) is 24.3 Å². The van der Waals surface area contributed by atoms with E-state index in [1.807, 2.05) is 0 Å². The van der Waals surface area contributed by atoms with E-state index in [0.29, 0.717) is 6.07 Å². The van der Waals surface area contributed by atoms with Crippen LogP contribution in [-0.4, -0.2) is 40.8 Å². The zero-order chi connectivity index (χ0) is 22.9. The standard InChI is InChI=1S/C20H17F2NO8/c1-3-29-19(27)10(18(25)26)8-12-16(20(28)30-4-2)31-17-14(22)11(21)7-9-13(24)5-6-23(12)15(9)17/h5-7,10H,3-4,8H2,1-2H3,(H,25,26).